The van der Waals surface area contributed by atoms with Crippen LogP contribution in [0.4, 0.5) is 5.69 Å². The molecule has 1 unspecified atom stereocenters. The number of carbonyl (C=O) groups excluding carboxylic acids is 7. The molecular formula is C67H104BrN5O19. The molecule has 5 rings (SSSR count). The zero-order chi connectivity index (χ0) is 66.8. The molecule has 3 aliphatic heterocycles. The number of aliphatic hydroxyl groups is 2. The molecule has 3 heterocycles. The van der Waals surface area contributed by atoms with Crippen molar-refractivity contribution in [3.8, 4) is 0 Å². The van der Waals surface area contributed by atoms with Gasteiger partial charge in [0.05, 0.1) is 122 Å². The molecule has 4 aliphatic rings. The third kappa shape index (κ3) is 29.7. The Bertz CT molecular complexity index is 2520. The predicted octanol–water partition coefficient (Wildman–Crippen LogP) is 5.07. The van der Waals surface area contributed by atoms with E-state index < -0.39 is 53.9 Å². The van der Waals surface area contributed by atoms with Crippen LogP contribution in [0.5, 0.6) is 0 Å². The number of allylic oxidation sites excluding steroid dienone is 2. The van der Waals surface area contributed by atoms with Crippen molar-refractivity contribution in [3.05, 3.63) is 65.8 Å². The molecule has 1 aliphatic carbocycles. The van der Waals surface area contributed by atoms with Crippen molar-refractivity contribution < 1.29 is 91.1 Å². The number of esters is 1. The monoisotopic (exact) mass is 1360 g/mol. The summed E-state index contributed by atoms with van der Waals surface area (Å²) in [6.07, 6.45) is 11.1. The minimum Gasteiger partial charge on any atom is -0.462 e. The van der Waals surface area contributed by atoms with Gasteiger partial charge in [-0.2, -0.15) is 0 Å². The molecule has 1 spiro atoms. The summed E-state index contributed by atoms with van der Waals surface area (Å²) < 4.78 is 57.2. The van der Waals surface area contributed by atoms with Crippen LogP contribution in [0, 0.1) is 17.8 Å². The first-order valence-corrected chi connectivity index (χ1v) is 33.9. The first-order chi connectivity index (χ1) is 44.1. The van der Waals surface area contributed by atoms with Crippen LogP contribution in [0.25, 0.3) is 0 Å². The summed E-state index contributed by atoms with van der Waals surface area (Å²) in [6.45, 7) is 18.0. The predicted molar refractivity (Wildman–Crippen MR) is 347 cm³/mol. The molecule has 4 fully saturated rings. The maximum Gasteiger partial charge on any atom is 0.306 e. The van der Waals surface area contributed by atoms with E-state index in [-0.39, 0.29) is 109 Å². The number of para-hydroxylation sites is 1. The molecule has 24 nitrogen and oxygen atoms in total. The van der Waals surface area contributed by atoms with E-state index in [4.69, 9.17) is 47.4 Å². The van der Waals surface area contributed by atoms with E-state index in [0.717, 1.165) is 30.4 Å². The summed E-state index contributed by atoms with van der Waals surface area (Å²) in [5.74, 6) is -1.94. The molecule has 0 bridgehead atoms. The number of ketones is 1. The molecule has 11 atom stereocenters. The second-order valence-electron chi connectivity index (χ2n) is 24.7. The highest BCUT2D eigenvalue weighted by Gasteiger charge is 2.58. The Labute approximate surface area is 551 Å². The lowest BCUT2D eigenvalue weighted by atomic mass is 9.82. The molecule has 1 aromatic rings. The highest BCUT2D eigenvalue weighted by atomic mass is 79.9. The van der Waals surface area contributed by atoms with Crippen LogP contribution in [0.2, 0.25) is 0 Å². The summed E-state index contributed by atoms with van der Waals surface area (Å²) in [4.78, 5) is 89.8. The molecule has 1 saturated carbocycles. The highest BCUT2D eigenvalue weighted by Crippen LogP contribution is 2.44. The zero-order valence-corrected chi connectivity index (χ0v) is 56.6. The maximum atomic E-state index is 13.5. The molecule has 3 saturated heterocycles. The van der Waals surface area contributed by atoms with Gasteiger partial charge in [-0.05, 0) is 102 Å². The van der Waals surface area contributed by atoms with Gasteiger partial charge in [-0.3, -0.25) is 33.6 Å². The fraction of sp³-hybridized carbons (Fsp3) is 0.716. The van der Waals surface area contributed by atoms with Crippen LogP contribution in [0.1, 0.15) is 125 Å². The van der Waals surface area contributed by atoms with Crippen LogP contribution in [-0.2, 0) is 87.4 Å². The van der Waals surface area contributed by atoms with Crippen LogP contribution >= 0.6 is 15.9 Å². The summed E-state index contributed by atoms with van der Waals surface area (Å²) in [6, 6.07) is 5.12. The number of hydrogen-bond donors (Lipinski definition) is 7. The number of halogens is 1. The van der Waals surface area contributed by atoms with Crippen molar-refractivity contribution in [1.29, 1.82) is 0 Å². The number of carbonyl (C=O) groups is 7. The van der Waals surface area contributed by atoms with Crippen LogP contribution in [0.3, 0.4) is 0 Å². The third-order valence-electron chi connectivity index (χ3n) is 16.6. The first kappa shape index (κ1) is 77.7. The number of rotatable bonds is 43. The lowest BCUT2D eigenvalue weighted by molar-refractivity contribution is -0.151. The fourth-order valence-corrected chi connectivity index (χ4v) is 11.3. The number of alkyl halides is 1. The number of ether oxygens (including phenoxy) is 10. The molecule has 1 aromatic carbocycles. The lowest BCUT2D eigenvalue weighted by Gasteiger charge is -2.39. The van der Waals surface area contributed by atoms with E-state index in [9.17, 15) is 43.8 Å². The van der Waals surface area contributed by atoms with Crippen molar-refractivity contribution in [1.82, 2.24) is 21.3 Å². The maximum absolute atomic E-state index is 13.5. The van der Waals surface area contributed by atoms with Gasteiger partial charge >= 0.3 is 5.97 Å². The standard InChI is InChI=1S/C67H104BrN5O19/c1-44(2)63(73-60(77)24-26-83-28-30-85-32-34-87-36-37-88-35-33-86-31-29-84-27-25-69-61(78)42-68)66(82)70-48(6)65(81)72-55-11-9-8-10-51(55)17-23-62(79)92-53-18-15-50(16-19-53)39-52(75)40-54-41-67(43-89-67)64(80)58(91-54)21-13-45(3)12-20-57-46(4)38-56(49(7)90-57)71-59(76)22-14-47(5)74/h8-14,21-22,44,46-50,53-54,56-58,63-64,74,80H,15-20,23-43H2,1-7H3,(H,69,78)(H,70,82)(H,71,76)(H,72,81)(H,73,77)/b21-13+,22-14-,45-12+/t46-,47-,48-,49+,50?,53?,54+,56?,57-,58+,63-,64+,67+/m0/s1. The molecular weight excluding hydrogens is 1260 g/mol. The number of aryl methyl sites for hydroxylation is 1. The van der Waals surface area contributed by atoms with Gasteiger partial charge in [-0.1, -0.05) is 84.8 Å². The number of epoxide rings is 1. The van der Waals surface area contributed by atoms with Gasteiger partial charge in [0.15, 0.2) is 0 Å². The second kappa shape index (κ2) is 42.4. The number of amides is 5. The highest BCUT2D eigenvalue weighted by molar-refractivity contribution is 9.09. The summed E-state index contributed by atoms with van der Waals surface area (Å²) in [7, 11) is 0. The quantitative estimate of drug-likeness (QED) is 0.0112. The van der Waals surface area contributed by atoms with E-state index >= 15 is 0 Å². The SMILES string of the molecule is CC(/C=C/[C@H]1O[C@H](CC(=O)CC2CCC(OC(=O)CCc3ccccc3NC(=O)[C@H](C)NC(=O)[C@@H](NC(=O)CCOCCOCCOCCOCCOCCOCCNC(=O)CBr)C(C)C)CC2)C[C@@]2(CO2)[C@@H]1O)=C\C[C@@H]1O[C@H](C)C(NC(=O)/C=C\[C@H](C)O)C[C@@H]1C. The number of benzene rings is 1. The normalized spacial score (nSPS) is 25.1. The smallest absolute Gasteiger partial charge is 0.306 e. The van der Waals surface area contributed by atoms with Crippen molar-refractivity contribution in [2.24, 2.45) is 17.8 Å². The van der Waals surface area contributed by atoms with Crippen molar-refractivity contribution in [2.75, 3.05) is 103 Å². The van der Waals surface area contributed by atoms with E-state index in [1.807, 2.05) is 38.1 Å². The Morgan fingerprint density at radius 3 is 1.99 bits per heavy atom. The number of aliphatic hydroxyl groups excluding tert-OH is 2. The molecule has 5 amide bonds. The summed E-state index contributed by atoms with van der Waals surface area (Å²) in [5.41, 5.74) is 1.46. The summed E-state index contributed by atoms with van der Waals surface area (Å²) >= 11 is 3.08. The Morgan fingerprint density at radius 2 is 1.38 bits per heavy atom. The van der Waals surface area contributed by atoms with Gasteiger partial charge in [0.2, 0.25) is 29.5 Å². The molecule has 92 heavy (non-hydrogen) atoms. The van der Waals surface area contributed by atoms with Gasteiger partial charge in [0.1, 0.15) is 41.8 Å². The minimum absolute atomic E-state index is 0.0173. The van der Waals surface area contributed by atoms with E-state index in [2.05, 4.69) is 55.5 Å². The average Bonchev–Trinajstić information content (AvgIpc) is 1.61. The molecule has 0 aromatic heterocycles. The van der Waals surface area contributed by atoms with E-state index in [1.165, 1.54) is 12.2 Å². The Hall–Kier alpha value is -5.03. The second-order valence-corrected chi connectivity index (χ2v) is 25.3. The fourth-order valence-electron chi connectivity index (χ4n) is 11.1. The number of anilines is 1. The van der Waals surface area contributed by atoms with Gasteiger partial charge in [-0.25, -0.2) is 0 Å². The number of nitrogens with one attached hydrogen (secondary N) is 5. The minimum atomic E-state index is -0.959. The van der Waals surface area contributed by atoms with Gasteiger partial charge < -0.3 is 84.2 Å². The van der Waals surface area contributed by atoms with Crippen molar-refractivity contribution in [3.63, 3.8) is 0 Å². The molecule has 25 heteroatoms. The van der Waals surface area contributed by atoms with Crippen molar-refractivity contribution >= 4 is 62.9 Å². The van der Waals surface area contributed by atoms with Crippen molar-refractivity contribution in [2.45, 2.75) is 192 Å². The Balaban J connectivity index is 0.907. The van der Waals surface area contributed by atoms with Gasteiger partial charge in [0.25, 0.3) is 0 Å². The topological polar surface area (TPSA) is 316 Å². The van der Waals surface area contributed by atoms with Crippen LogP contribution in [-0.4, -0.2) is 216 Å². The largest absolute Gasteiger partial charge is 0.462 e. The molecule has 7 N–H and O–H groups in total. The summed E-state index contributed by atoms with van der Waals surface area (Å²) in [5, 5.41) is 35.0. The van der Waals surface area contributed by atoms with E-state index in [0.29, 0.717) is 123 Å². The van der Waals surface area contributed by atoms with Gasteiger partial charge in [-0.15, -0.1) is 0 Å². The first-order valence-electron chi connectivity index (χ1n) is 32.8. The molecule has 518 valence electrons. The average molecular weight is 1360 g/mol. The Morgan fingerprint density at radius 1 is 0.761 bits per heavy atom. The molecule has 0 radical (unpaired) electrons. The Kier molecular flexibility index (Phi) is 35.8. The third-order valence-corrected chi connectivity index (χ3v) is 17.1. The van der Waals surface area contributed by atoms with Gasteiger partial charge in [0, 0.05) is 50.4 Å². The van der Waals surface area contributed by atoms with E-state index in [1.54, 1.807) is 39.8 Å². The number of hydrogen-bond acceptors (Lipinski definition) is 19. The van der Waals surface area contributed by atoms with Crippen LogP contribution < -0.4 is 26.6 Å². The van der Waals surface area contributed by atoms with Crippen LogP contribution in [0.15, 0.2) is 60.2 Å². The number of Topliss-reactive ketones (excluding diaryl/α,β-unsaturated/α-hetero) is 1. The zero-order valence-electron chi connectivity index (χ0n) is 55.0. The lowest BCUT2D eigenvalue weighted by Crippen LogP contribution is -2.53.